The van der Waals surface area contributed by atoms with E-state index in [2.05, 4.69) is 22.9 Å². The second-order valence-corrected chi connectivity index (χ2v) is 5.89. The maximum atomic E-state index is 11.6. The first-order valence-electron chi connectivity index (χ1n) is 6.25. The molecule has 0 bridgehead atoms. The first kappa shape index (κ1) is 15.1. The summed E-state index contributed by atoms with van der Waals surface area (Å²) in [5.41, 5.74) is -0.479. The first-order valence-corrected chi connectivity index (χ1v) is 6.70. The zero-order valence-electron chi connectivity index (χ0n) is 11.2. The summed E-state index contributed by atoms with van der Waals surface area (Å²) in [6.07, 6.45) is 2.75. The second-order valence-electron chi connectivity index (χ2n) is 5.67. The van der Waals surface area contributed by atoms with E-state index in [0.717, 1.165) is 25.7 Å². The fourth-order valence-electron chi connectivity index (χ4n) is 2.07. The molecular weight excluding hydrogens is 252 g/mol. The fourth-order valence-corrected chi connectivity index (χ4v) is 2.25. The van der Waals surface area contributed by atoms with Crippen molar-refractivity contribution in [3.63, 3.8) is 0 Å². The predicted octanol–water partition coefficient (Wildman–Crippen LogP) is 2.03. The Hall–Kier alpha value is -0.910. The predicted molar refractivity (Wildman–Crippen MR) is 72.2 cm³/mol. The Morgan fingerprint density at radius 3 is 2.17 bits per heavy atom. The highest BCUT2D eigenvalue weighted by molar-refractivity contribution is 7.78. The van der Waals surface area contributed by atoms with Crippen LogP contribution in [0, 0.1) is 5.92 Å². The average Bonchev–Trinajstić information content (AvgIpc) is 2.26. The fraction of sp³-hybridized carbons (Fsp3) is 0.833. The van der Waals surface area contributed by atoms with Crippen LogP contribution in [0.2, 0.25) is 0 Å². The van der Waals surface area contributed by atoms with Crippen LogP contribution in [0.3, 0.4) is 0 Å². The Morgan fingerprint density at radius 2 is 1.72 bits per heavy atom. The SMILES string of the molecule is CC(C)(C)OC(=O)NC1CCC(C(=O)NS)CC1. The molecule has 0 aromatic rings. The number of carbonyl (C=O) groups excluding carboxylic acids is 2. The number of hydrogen-bond acceptors (Lipinski definition) is 4. The Kier molecular flexibility index (Phi) is 5.31. The molecule has 0 atom stereocenters. The lowest BCUT2D eigenvalue weighted by atomic mass is 9.86. The van der Waals surface area contributed by atoms with Gasteiger partial charge >= 0.3 is 6.09 Å². The Bertz CT molecular complexity index is 307. The van der Waals surface area contributed by atoms with Crippen LogP contribution in [0.4, 0.5) is 4.79 Å². The van der Waals surface area contributed by atoms with Gasteiger partial charge < -0.3 is 14.8 Å². The van der Waals surface area contributed by atoms with Gasteiger partial charge in [-0.1, -0.05) is 12.8 Å². The molecule has 2 N–H and O–H groups in total. The molecule has 0 aromatic heterocycles. The highest BCUT2D eigenvalue weighted by atomic mass is 32.1. The summed E-state index contributed by atoms with van der Waals surface area (Å²) < 4.78 is 7.56. The molecule has 1 fully saturated rings. The number of rotatable bonds is 2. The molecule has 5 nitrogen and oxygen atoms in total. The normalized spacial score (nSPS) is 24.2. The zero-order chi connectivity index (χ0) is 13.8. The molecule has 1 aliphatic rings. The summed E-state index contributed by atoms with van der Waals surface area (Å²) in [7, 11) is 0. The minimum atomic E-state index is -0.479. The third-order valence-corrected chi connectivity index (χ3v) is 3.15. The first-order chi connectivity index (χ1) is 8.31. The van der Waals surface area contributed by atoms with Crippen molar-refractivity contribution in [2.24, 2.45) is 5.92 Å². The van der Waals surface area contributed by atoms with E-state index < -0.39 is 5.60 Å². The molecule has 0 radical (unpaired) electrons. The van der Waals surface area contributed by atoms with E-state index in [0.29, 0.717) is 0 Å². The summed E-state index contributed by atoms with van der Waals surface area (Å²) >= 11 is 3.76. The minimum Gasteiger partial charge on any atom is -0.444 e. The topological polar surface area (TPSA) is 67.4 Å². The lowest BCUT2D eigenvalue weighted by Gasteiger charge is -2.29. The van der Waals surface area contributed by atoms with Crippen LogP contribution in [0.25, 0.3) is 0 Å². The van der Waals surface area contributed by atoms with Crippen molar-refractivity contribution < 1.29 is 14.3 Å². The van der Waals surface area contributed by atoms with Gasteiger partial charge in [-0.15, -0.1) is 0 Å². The minimum absolute atomic E-state index is 0.0131. The highest BCUT2D eigenvalue weighted by Gasteiger charge is 2.27. The Balaban J connectivity index is 2.31. The van der Waals surface area contributed by atoms with Gasteiger partial charge in [0.25, 0.3) is 0 Å². The van der Waals surface area contributed by atoms with Crippen LogP contribution < -0.4 is 10.0 Å². The Morgan fingerprint density at radius 1 is 1.17 bits per heavy atom. The van der Waals surface area contributed by atoms with Crippen LogP contribution in [-0.2, 0) is 9.53 Å². The van der Waals surface area contributed by atoms with Gasteiger partial charge in [0.2, 0.25) is 5.91 Å². The van der Waals surface area contributed by atoms with E-state index in [1.165, 1.54) is 0 Å². The van der Waals surface area contributed by atoms with Crippen LogP contribution >= 0.6 is 12.8 Å². The van der Waals surface area contributed by atoms with Gasteiger partial charge in [-0.3, -0.25) is 4.79 Å². The summed E-state index contributed by atoms with van der Waals surface area (Å²) in [6, 6.07) is 0.101. The van der Waals surface area contributed by atoms with Gasteiger partial charge in [-0.2, -0.15) is 0 Å². The van der Waals surface area contributed by atoms with E-state index in [1.54, 1.807) is 0 Å². The van der Waals surface area contributed by atoms with Crippen molar-refractivity contribution in [3.05, 3.63) is 0 Å². The molecule has 1 rings (SSSR count). The number of hydrogen-bond donors (Lipinski definition) is 3. The van der Waals surface area contributed by atoms with Gasteiger partial charge in [0.05, 0.1) is 0 Å². The van der Waals surface area contributed by atoms with E-state index in [9.17, 15) is 9.59 Å². The van der Waals surface area contributed by atoms with Gasteiger partial charge in [-0.05, 0) is 46.5 Å². The van der Waals surface area contributed by atoms with Crippen LogP contribution in [0.15, 0.2) is 0 Å². The zero-order valence-corrected chi connectivity index (χ0v) is 12.0. The molecule has 0 spiro atoms. The van der Waals surface area contributed by atoms with Gasteiger partial charge in [0.1, 0.15) is 5.60 Å². The molecule has 0 aromatic carbocycles. The van der Waals surface area contributed by atoms with Crippen molar-refractivity contribution in [1.82, 2.24) is 10.0 Å². The molecule has 0 heterocycles. The lowest BCUT2D eigenvalue weighted by molar-refractivity contribution is -0.124. The number of ether oxygens (including phenoxy) is 1. The van der Waals surface area contributed by atoms with Crippen molar-refractivity contribution in [2.75, 3.05) is 0 Å². The van der Waals surface area contributed by atoms with E-state index in [1.807, 2.05) is 20.8 Å². The third kappa shape index (κ3) is 5.16. The molecule has 1 saturated carbocycles. The van der Waals surface area contributed by atoms with Crippen molar-refractivity contribution in [3.8, 4) is 0 Å². The smallest absolute Gasteiger partial charge is 0.407 e. The number of nitrogens with one attached hydrogen (secondary N) is 2. The highest BCUT2D eigenvalue weighted by Crippen LogP contribution is 2.24. The van der Waals surface area contributed by atoms with Crippen molar-refractivity contribution in [1.29, 1.82) is 0 Å². The molecule has 0 aliphatic heterocycles. The summed E-state index contributed by atoms with van der Waals surface area (Å²) in [6.45, 7) is 5.50. The molecule has 18 heavy (non-hydrogen) atoms. The average molecular weight is 274 g/mol. The number of amides is 2. The lowest BCUT2D eigenvalue weighted by Crippen LogP contribution is -2.42. The molecule has 6 heteroatoms. The van der Waals surface area contributed by atoms with E-state index >= 15 is 0 Å². The molecule has 2 amide bonds. The van der Waals surface area contributed by atoms with Gasteiger partial charge in [0.15, 0.2) is 0 Å². The largest absolute Gasteiger partial charge is 0.444 e. The van der Waals surface area contributed by atoms with Crippen LogP contribution in [0.5, 0.6) is 0 Å². The standard InChI is InChI=1S/C12H22N2O3S/c1-12(2,3)17-11(16)13-9-6-4-8(5-7-9)10(15)14-18/h8-9,18H,4-7H2,1-3H3,(H,13,16)(H,14,15). The maximum absolute atomic E-state index is 11.6. The van der Waals surface area contributed by atoms with Gasteiger partial charge in [0, 0.05) is 12.0 Å². The second kappa shape index (κ2) is 6.31. The molecule has 0 saturated heterocycles. The maximum Gasteiger partial charge on any atom is 0.407 e. The molecule has 1 aliphatic carbocycles. The van der Waals surface area contributed by atoms with Crippen LogP contribution in [0.1, 0.15) is 46.5 Å². The van der Waals surface area contributed by atoms with Crippen molar-refractivity contribution >= 4 is 24.8 Å². The molecule has 104 valence electrons. The van der Waals surface area contributed by atoms with Crippen molar-refractivity contribution in [2.45, 2.75) is 58.1 Å². The molecule has 0 unspecified atom stereocenters. The Labute approximate surface area is 114 Å². The monoisotopic (exact) mass is 274 g/mol. The summed E-state index contributed by atoms with van der Waals surface area (Å²) in [5, 5.41) is 2.84. The third-order valence-electron chi connectivity index (χ3n) is 2.93. The summed E-state index contributed by atoms with van der Waals surface area (Å²) in [4.78, 5) is 23.0. The quantitative estimate of drug-likeness (QED) is 0.675. The summed E-state index contributed by atoms with van der Waals surface area (Å²) in [5.74, 6) is -0.0202. The van der Waals surface area contributed by atoms with Gasteiger partial charge in [-0.25, -0.2) is 4.79 Å². The van der Waals surface area contributed by atoms with E-state index in [-0.39, 0.29) is 24.0 Å². The number of thiol groups is 1. The van der Waals surface area contributed by atoms with Crippen LogP contribution in [-0.4, -0.2) is 23.6 Å². The van der Waals surface area contributed by atoms with E-state index in [4.69, 9.17) is 4.74 Å². The number of alkyl carbamates (subject to hydrolysis) is 1. The number of carbonyl (C=O) groups is 2. The molecular formula is C12H22N2O3S.